The van der Waals surface area contributed by atoms with E-state index in [0.29, 0.717) is 16.3 Å². The zero-order valence-corrected chi connectivity index (χ0v) is 10.4. The number of carbonyl (C=O) groups is 2. The van der Waals surface area contributed by atoms with Gasteiger partial charge in [0.15, 0.2) is 0 Å². The number of benzene rings is 1. The van der Waals surface area contributed by atoms with Crippen LogP contribution in [-0.2, 0) is 11.2 Å². The van der Waals surface area contributed by atoms with Crippen molar-refractivity contribution in [3.63, 3.8) is 0 Å². The van der Waals surface area contributed by atoms with Gasteiger partial charge >= 0.3 is 12.0 Å². The standard InChI is InChI=1S/C11H11N3O3.ClH/c1-11(12,9(15)16)5-6-2-3-7-8(4-6)14-10(17)13-7;/h2-4H,5,12H2,1H3,(H,15,16);1H/t11-;/m0./s1. The average Bonchev–Trinajstić information content (AvgIpc) is 2.56. The largest absolute Gasteiger partial charge is 0.480 e. The Hall–Kier alpha value is -1.79. The molecule has 0 saturated carbocycles. The molecule has 1 aliphatic rings. The van der Waals surface area contributed by atoms with Gasteiger partial charge in [0.25, 0.3) is 0 Å². The Morgan fingerprint density at radius 2 is 2.00 bits per heavy atom. The maximum absolute atomic E-state index is 11.0. The molecule has 18 heavy (non-hydrogen) atoms. The molecule has 1 aromatic rings. The van der Waals surface area contributed by atoms with Crippen molar-refractivity contribution in [3.8, 4) is 0 Å². The lowest BCUT2D eigenvalue weighted by Gasteiger charge is -2.18. The van der Waals surface area contributed by atoms with Crippen LogP contribution in [0.4, 0.5) is 4.79 Å². The lowest BCUT2D eigenvalue weighted by molar-refractivity contribution is -0.142. The fourth-order valence-electron chi connectivity index (χ4n) is 1.59. The molecular formula is C11H12ClN3O3. The van der Waals surface area contributed by atoms with Crippen LogP contribution in [0.25, 0.3) is 0 Å². The molecule has 0 aliphatic carbocycles. The Labute approximate surface area is 109 Å². The van der Waals surface area contributed by atoms with Gasteiger partial charge in [-0.2, -0.15) is 9.98 Å². The van der Waals surface area contributed by atoms with E-state index in [0.717, 1.165) is 0 Å². The molecule has 0 fully saturated rings. The second-order valence-electron chi connectivity index (χ2n) is 4.23. The van der Waals surface area contributed by atoms with Crippen LogP contribution >= 0.6 is 12.4 Å². The number of carboxylic acids is 1. The van der Waals surface area contributed by atoms with Crippen LogP contribution in [0.3, 0.4) is 0 Å². The van der Waals surface area contributed by atoms with Gasteiger partial charge in [0.1, 0.15) is 5.54 Å². The molecule has 0 unspecified atom stereocenters. The Balaban J connectivity index is 0.00000162. The fourth-order valence-corrected chi connectivity index (χ4v) is 1.59. The third-order valence-electron chi connectivity index (χ3n) is 2.53. The summed E-state index contributed by atoms with van der Waals surface area (Å²) in [5, 5.41) is 9.89. The molecule has 0 spiro atoms. The van der Waals surface area contributed by atoms with Gasteiger partial charge in [-0.1, -0.05) is 6.07 Å². The molecule has 1 atom stereocenters. The second-order valence-corrected chi connectivity index (χ2v) is 4.23. The Morgan fingerprint density at radius 1 is 1.39 bits per heavy atom. The summed E-state index contributed by atoms with van der Waals surface area (Å²) in [5.74, 6) is -1.07. The summed E-state index contributed by atoms with van der Waals surface area (Å²) in [6.07, 6.45) is 0.166. The van der Waals surface area contributed by atoms with Crippen LogP contribution in [0.5, 0.6) is 0 Å². The Kier molecular flexibility index (Phi) is 3.83. The van der Waals surface area contributed by atoms with Crippen LogP contribution in [0.15, 0.2) is 28.2 Å². The number of nitrogens with two attached hydrogens (primary N) is 1. The monoisotopic (exact) mass is 269 g/mol. The van der Waals surface area contributed by atoms with Gasteiger partial charge in [-0.25, -0.2) is 4.79 Å². The topological polar surface area (TPSA) is 105 Å². The molecule has 6 nitrogen and oxygen atoms in total. The lowest BCUT2D eigenvalue weighted by Crippen LogP contribution is -2.47. The maximum Gasteiger partial charge on any atom is 0.368 e. The Bertz CT molecular complexity index is 625. The molecule has 2 amide bonds. The van der Waals surface area contributed by atoms with Crippen molar-refractivity contribution in [1.29, 1.82) is 0 Å². The predicted molar refractivity (Wildman–Crippen MR) is 65.3 cm³/mol. The number of halogens is 1. The molecule has 1 aliphatic heterocycles. The summed E-state index contributed by atoms with van der Waals surface area (Å²) in [5.41, 5.74) is 5.02. The zero-order valence-electron chi connectivity index (χ0n) is 9.58. The fraction of sp³-hybridized carbons (Fsp3) is 0.273. The first kappa shape index (κ1) is 14.3. The smallest absolute Gasteiger partial charge is 0.368 e. The van der Waals surface area contributed by atoms with E-state index >= 15 is 0 Å². The number of rotatable bonds is 3. The third-order valence-corrected chi connectivity index (χ3v) is 2.53. The first-order valence-corrected chi connectivity index (χ1v) is 5.01. The van der Waals surface area contributed by atoms with E-state index in [9.17, 15) is 9.59 Å². The summed E-state index contributed by atoms with van der Waals surface area (Å²) in [6, 6.07) is 4.44. The number of fused-ring (bicyclic) bond motifs is 1. The summed E-state index contributed by atoms with van der Waals surface area (Å²) in [4.78, 5) is 29.2. The van der Waals surface area contributed by atoms with Crippen molar-refractivity contribution in [2.45, 2.75) is 18.9 Å². The van der Waals surface area contributed by atoms with Gasteiger partial charge in [0.2, 0.25) is 0 Å². The van der Waals surface area contributed by atoms with E-state index < -0.39 is 17.5 Å². The summed E-state index contributed by atoms with van der Waals surface area (Å²) < 4.78 is 0. The number of carbonyl (C=O) groups excluding carboxylic acids is 1. The normalized spacial score (nSPS) is 15.8. The van der Waals surface area contributed by atoms with Crippen LogP contribution in [0, 0.1) is 0 Å². The molecule has 7 heteroatoms. The SMILES string of the molecule is C[C@](N)(Cc1ccc2c(c1)=NC(=O)N=2)C(=O)O.Cl. The molecule has 1 aromatic carbocycles. The molecule has 2 rings (SSSR count). The van der Waals surface area contributed by atoms with Crippen LogP contribution in [-0.4, -0.2) is 22.6 Å². The average molecular weight is 270 g/mol. The second kappa shape index (κ2) is 4.83. The van der Waals surface area contributed by atoms with E-state index in [1.54, 1.807) is 18.2 Å². The maximum atomic E-state index is 11.0. The van der Waals surface area contributed by atoms with E-state index in [4.69, 9.17) is 10.8 Å². The minimum absolute atomic E-state index is 0. The van der Waals surface area contributed by atoms with Crippen LogP contribution in [0.2, 0.25) is 0 Å². The molecule has 1 heterocycles. The number of nitrogens with zero attached hydrogens (tertiary/aromatic N) is 2. The summed E-state index contributed by atoms with van der Waals surface area (Å²) in [7, 11) is 0. The number of aliphatic carboxylic acids is 1. The van der Waals surface area contributed by atoms with Gasteiger partial charge in [-0.15, -0.1) is 12.4 Å². The van der Waals surface area contributed by atoms with E-state index in [1.165, 1.54) is 6.92 Å². The highest BCUT2D eigenvalue weighted by atomic mass is 35.5. The van der Waals surface area contributed by atoms with Crippen LogP contribution < -0.4 is 16.4 Å². The van der Waals surface area contributed by atoms with Crippen molar-refractivity contribution in [3.05, 3.63) is 34.5 Å². The van der Waals surface area contributed by atoms with Crippen molar-refractivity contribution < 1.29 is 14.7 Å². The first-order valence-electron chi connectivity index (χ1n) is 5.01. The van der Waals surface area contributed by atoms with Gasteiger partial charge in [0, 0.05) is 6.42 Å². The van der Waals surface area contributed by atoms with Gasteiger partial charge in [0.05, 0.1) is 10.7 Å². The number of hydrogen-bond donors (Lipinski definition) is 2. The number of carboxylic acid groups (broad SMARTS) is 1. The molecule has 96 valence electrons. The first-order chi connectivity index (χ1) is 7.88. The van der Waals surface area contributed by atoms with Crippen molar-refractivity contribution in [2.75, 3.05) is 0 Å². The van der Waals surface area contributed by atoms with Crippen molar-refractivity contribution >= 4 is 24.4 Å². The number of amides is 2. The number of urea groups is 1. The van der Waals surface area contributed by atoms with Crippen LogP contribution in [0.1, 0.15) is 12.5 Å². The van der Waals surface area contributed by atoms with Crippen molar-refractivity contribution in [2.24, 2.45) is 15.7 Å². The third kappa shape index (κ3) is 2.72. The molecule has 0 radical (unpaired) electrons. The highest BCUT2D eigenvalue weighted by Gasteiger charge is 2.28. The minimum Gasteiger partial charge on any atom is -0.480 e. The minimum atomic E-state index is -1.34. The number of hydrogen-bond acceptors (Lipinski definition) is 3. The highest BCUT2D eigenvalue weighted by Crippen LogP contribution is 2.08. The molecular weight excluding hydrogens is 258 g/mol. The quantitative estimate of drug-likeness (QED) is 0.794. The van der Waals surface area contributed by atoms with Gasteiger partial charge in [-0.05, 0) is 24.6 Å². The zero-order chi connectivity index (χ0) is 12.6. The summed E-state index contributed by atoms with van der Waals surface area (Å²) in [6.45, 7) is 1.44. The lowest BCUT2D eigenvalue weighted by atomic mass is 9.94. The predicted octanol–water partition coefficient (Wildman–Crippen LogP) is -0.174. The highest BCUT2D eigenvalue weighted by molar-refractivity contribution is 5.85. The Morgan fingerprint density at radius 3 is 2.61 bits per heavy atom. The van der Waals surface area contributed by atoms with Gasteiger partial charge in [-0.3, -0.25) is 4.79 Å². The molecule has 3 N–H and O–H groups in total. The van der Waals surface area contributed by atoms with Crippen molar-refractivity contribution in [1.82, 2.24) is 0 Å². The molecule has 0 saturated heterocycles. The van der Waals surface area contributed by atoms with E-state index in [2.05, 4.69) is 9.98 Å². The van der Waals surface area contributed by atoms with E-state index in [-0.39, 0.29) is 18.8 Å². The molecule has 0 aromatic heterocycles. The molecule has 0 bridgehead atoms. The van der Waals surface area contributed by atoms with Gasteiger partial charge < -0.3 is 10.8 Å². The summed E-state index contributed by atoms with van der Waals surface area (Å²) >= 11 is 0. The van der Waals surface area contributed by atoms with E-state index in [1.807, 2.05) is 0 Å².